The summed E-state index contributed by atoms with van der Waals surface area (Å²) in [5.74, 6) is -1.77. The Morgan fingerprint density at radius 2 is 1.70 bits per heavy atom. The van der Waals surface area contributed by atoms with Gasteiger partial charge in [0, 0.05) is 30.3 Å². The fourth-order valence-electron chi connectivity index (χ4n) is 5.03. The first-order valence-electron chi connectivity index (χ1n) is 12.2. The summed E-state index contributed by atoms with van der Waals surface area (Å²) in [6.07, 6.45) is 4.92. The third-order valence-electron chi connectivity index (χ3n) is 6.75. The van der Waals surface area contributed by atoms with Gasteiger partial charge in [-0.3, -0.25) is 29.3 Å². The van der Waals surface area contributed by atoms with Gasteiger partial charge in [0.05, 0.1) is 17.0 Å². The lowest BCUT2D eigenvalue weighted by molar-refractivity contribution is -0.384. The molecule has 1 atom stereocenters. The predicted octanol–water partition coefficient (Wildman–Crippen LogP) is 4.70. The van der Waals surface area contributed by atoms with E-state index >= 15 is 0 Å². The van der Waals surface area contributed by atoms with E-state index in [9.17, 15) is 29.3 Å². The molecule has 11 heteroatoms. The number of imide groups is 1. The molecule has 2 aromatic carbocycles. The van der Waals surface area contributed by atoms with Crippen LogP contribution in [0.2, 0.25) is 5.02 Å². The van der Waals surface area contributed by atoms with Crippen LogP contribution in [-0.4, -0.2) is 45.5 Å². The van der Waals surface area contributed by atoms with Crippen LogP contribution < -0.4 is 10.2 Å². The molecule has 2 aliphatic rings. The van der Waals surface area contributed by atoms with Crippen molar-refractivity contribution in [2.45, 2.75) is 64.0 Å². The summed E-state index contributed by atoms with van der Waals surface area (Å²) < 4.78 is 0. The van der Waals surface area contributed by atoms with Gasteiger partial charge in [0.15, 0.2) is 0 Å². The second kappa shape index (κ2) is 11.1. The van der Waals surface area contributed by atoms with Crippen molar-refractivity contribution < 1.29 is 24.1 Å². The Kier molecular flexibility index (Phi) is 7.87. The number of halogens is 1. The quantitative estimate of drug-likeness (QED) is 0.251. The Morgan fingerprint density at radius 3 is 2.30 bits per heavy atom. The van der Waals surface area contributed by atoms with Crippen molar-refractivity contribution in [3.63, 3.8) is 0 Å². The van der Waals surface area contributed by atoms with Gasteiger partial charge in [-0.25, -0.2) is 4.90 Å². The summed E-state index contributed by atoms with van der Waals surface area (Å²) in [6, 6.07) is 8.80. The number of nitro benzene ring substituents is 1. The molecule has 0 bridgehead atoms. The van der Waals surface area contributed by atoms with Crippen molar-refractivity contribution in [1.82, 2.24) is 4.90 Å². The topological polar surface area (TPSA) is 130 Å². The number of hydrogen-bond donors (Lipinski definition) is 1. The maximum absolute atomic E-state index is 13.8. The van der Waals surface area contributed by atoms with Gasteiger partial charge < -0.3 is 10.2 Å². The van der Waals surface area contributed by atoms with Crippen molar-refractivity contribution in [3.05, 3.63) is 63.2 Å². The van der Waals surface area contributed by atoms with E-state index in [-0.39, 0.29) is 29.0 Å². The van der Waals surface area contributed by atoms with Gasteiger partial charge in [-0.15, -0.1) is 0 Å². The molecule has 194 valence electrons. The average Bonchev–Trinajstić information content (AvgIpc) is 3.01. The lowest BCUT2D eigenvalue weighted by Gasteiger charge is -2.35. The highest BCUT2D eigenvalue weighted by atomic mass is 35.5. The zero-order valence-electron chi connectivity index (χ0n) is 20.3. The average molecular weight is 527 g/mol. The summed E-state index contributed by atoms with van der Waals surface area (Å²) in [4.78, 5) is 65.1. The van der Waals surface area contributed by atoms with Crippen molar-refractivity contribution in [3.8, 4) is 0 Å². The van der Waals surface area contributed by atoms with E-state index in [2.05, 4.69) is 5.32 Å². The Bertz CT molecular complexity index is 1240. The number of anilines is 2. The minimum Gasteiger partial charge on any atom is -0.326 e. The molecular formula is C26H27ClN4O6. The second-order valence-electron chi connectivity index (χ2n) is 9.30. The van der Waals surface area contributed by atoms with Crippen LogP contribution in [0.3, 0.4) is 0 Å². The maximum Gasteiger partial charge on any atom is 0.288 e. The Labute approximate surface area is 218 Å². The second-order valence-corrected chi connectivity index (χ2v) is 9.70. The maximum atomic E-state index is 13.8. The van der Waals surface area contributed by atoms with Crippen LogP contribution in [0.25, 0.3) is 0 Å². The fourth-order valence-corrected chi connectivity index (χ4v) is 5.22. The molecule has 2 aromatic rings. The fraction of sp³-hybridized carbons (Fsp3) is 0.385. The van der Waals surface area contributed by atoms with Gasteiger partial charge in [-0.1, -0.05) is 37.3 Å². The first-order chi connectivity index (χ1) is 17.7. The Hall–Kier alpha value is -3.79. The summed E-state index contributed by atoms with van der Waals surface area (Å²) in [6.45, 7) is 1.38. The Balaban J connectivity index is 1.68. The zero-order valence-corrected chi connectivity index (χ0v) is 21.1. The van der Waals surface area contributed by atoms with Crippen molar-refractivity contribution >= 4 is 52.3 Å². The zero-order chi connectivity index (χ0) is 26.7. The molecule has 37 heavy (non-hydrogen) atoms. The van der Waals surface area contributed by atoms with E-state index in [1.54, 1.807) is 24.3 Å². The highest BCUT2D eigenvalue weighted by Crippen LogP contribution is 2.33. The number of carbonyl (C=O) groups is 4. The molecule has 1 saturated heterocycles. The third kappa shape index (κ3) is 5.64. The van der Waals surface area contributed by atoms with Crippen LogP contribution in [-0.2, 0) is 14.4 Å². The number of nitrogens with one attached hydrogen (secondary N) is 1. The number of carbonyl (C=O) groups excluding carboxylic acids is 4. The normalized spacial score (nSPS) is 18.4. The summed E-state index contributed by atoms with van der Waals surface area (Å²) in [5, 5.41) is 14.0. The summed E-state index contributed by atoms with van der Waals surface area (Å²) in [7, 11) is 0. The van der Waals surface area contributed by atoms with E-state index in [0.717, 1.165) is 36.6 Å². The van der Waals surface area contributed by atoms with Crippen molar-refractivity contribution in [2.75, 3.05) is 10.2 Å². The van der Waals surface area contributed by atoms with Gasteiger partial charge in [0.25, 0.3) is 17.5 Å². The first-order valence-corrected chi connectivity index (χ1v) is 12.6. The third-order valence-corrected chi connectivity index (χ3v) is 7.07. The van der Waals surface area contributed by atoms with Gasteiger partial charge in [-0.2, -0.15) is 0 Å². The molecule has 1 aliphatic carbocycles. The molecule has 0 radical (unpaired) electrons. The predicted molar refractivity (Wildman–Crippen MR) is 137 cm³/mol. The molecule has 1 N–H and O–H groups in total. The number of rotatable bonds is 6. The molecule has 1 aliphatic heterocycles. The van der Waals surface area contributed by atoms with Crippen molar-refractivity contribution in [1.29, 1.82) is 0 Å². The summed E-state index contributed by atoms with van der Waals surface area (Å²) >= 11 is 5.95. The minimum absolute atomic E-state index is 0.0405. The van der Waals surface area contributed by atoms with Crippen LogP contribution >= 0.6 is 11.6 Å². The molecule has 1 unspecified atom stereocenters. The molecule has 0 spiro atoms. The van der Waals surface area contributed by atoms with E-state index in [4.69, 9.17) is 11.6 Å². The summed E-state index contributed by atoms with van der Waals surface area (Å²) in [5.41, 5.74) is 0.496. The molecule has 10 nitrogen and oxygen atoms in total. The van der Waals surface area contributed by atoms with Gasteiger partial charge in [-0.05, 0) is 49.2 Å². The Morgan fingerprint density at radius 1 is 1.05 bits per heavy atom. The molecule has 2 fully saturated rings. The lowest BCUT2D eigenvalue weighted by atomic mass is 10.0. The van der Waals surface area contributed by atoms with Crippen LogP contribution in [0.5, 0.6) is 0 Å². The van der Waals surface area contributed by atoms with Gasteiger partial charge in [0.1, 0.15) is 11.1 Å². The number of hydrogen-bond acceptors (Lipinski definition) is 6. The molecule has 1 heterocycles. The molecule has 4 amide bonds. The SMILES string of the molecule is CC(=O)Nc1ccc(N2C(=O)CC(N(C(=O)c3ccc(Cl)c([N+](=O)[O-])c3)C3CCCCCC3)C2=O)cc1. The highest BCUT2D eigenvalue weighted by molar-refractivity contribution is 6.32. The number of nitrogens with zero attached hydrogens (tertiary/aromatic N) is 3. The molecule has 0 aromatic heterocycles. The van der Waals surface area contributed by atoms with Crippen molar-refractivity contribution in [2.24, 2.45) is 0 Å². The number of amides is 4. The largest absolute Gasteiger partial charge is 0.326 e. The monoisotopic (exact) mass is 526 g/mol. The van der Waals surface area contributed by atoms with E-state index < -0.39 is 34.4 Å². The van der Waals surface area contributed by atoms with Crippen LogP contribution in [0, 0.1) is 10.1 Å². The lowest BCUT2D eigenvalue weighted by Crippen LogP contribution is -2.50. The molecular weight excluding hydrogens is 500 g/mol. The minimum atomic E-state index is -1.03. The smallest absolute Gasteiger partial charge is 0.288 e. The van der Waals surface area contributed by atoms with E-state index in [1.165, 1.54) is 24.0 Å². The van der Waals surface area contributed by atoms with Gasteiger partial charge >= 0.3 is 0 Å². The molecule has 4 rings (SSSR count). The van der Waals surface area contributed by atoms with Gasteiger partial charge in [0.2, 0.25) is 11.8 Å². The van der Waals surface area contributed by atoms with E-state index in [1.807, 2.05) is 0 Å². The number of nitro groups is 1. The first kappa shape index (κ1) is 26.3. The van der Waals surface area contributed by atoms with Crippen LogP contribution in [0.15, 0.2) is 42.5 Å². The molecule has 1 saturated carbocycles. The van der Waals surface area contributed by atoms with Crippen LogP contribution in [0.1, 0.15) is 62.2 Å². The van der Waals surface area contributed by atoms with Crippen LogP contribution in [0.4, 0.5) is 17.1 Å². The number of benzene rings is 2. The van der Waals surface area contributed by atoms with E-state index in [0.29, 0.717) is 24.2 Å². The standard InChI is InChI=1S/C26H27ClN4O6/c1-16(32)28-18-9-11-20(12-10-18)30-24(33)15-23(26(30)35)29(19-6-4-2-3-5-7-19)25(34)17-8-13-21(27)22(14-17)31(36)37/h8-14,19,23H,2-7,15H2,1H3,(H,28,32). The highest BCUT2D eigenvalue weighted by Gasteiger charge is 2.46.